The summed E-state index contributed by atoms with van der Waals surface area (Å²) in [6.07, 6.45) is 0. The van der Waals surface area contributed by atoms with Crippen LogP contribution in [0.2, 0.25) is 0 Å². The molecule has 0 aliphatic heterocycles. The number of carbonyl (C=O) groups is 2. The third-order valence-electron chi connectivity index (χ3n) is 4.15. The third kappa shape index (κ3) is 4.78. The Kier molecular flexibility index (Phi) is 6.13. The van der Waals surface area contributed by atoms with Crippen molar-refractivity contribution in [2.75, 3.05) is 11.9 Å². The van der Waals surface area contributed by atoms with Gasteiger partial charge < -0.3 is 10.1 Å². The quantitative estimate of drug-likeness (QED) is 0.431. The lowest BCUT2D eigenvalue weighted by atomic mass is 10.2. The molecule has 3 rings (SSSR count). The Balaban J connectivity index is 1.58. The Labute approximate surface area is 177 Å². The lowest BCUT2D eigenvalue weighted by molar-refractivity contribution is -0.119. The number of halogens is 1. The molecule has 0 fully saturated rings. The predicted molar refractivity (Wildman–Crippen MR) is 116 cm³/mol. The first-order valence-electron chi connectivity index (χ1n) is 8.70. The maximum atomic E-state index is 12.2. The SMILES string of the molecule is Cc1cc(C)n(-c2ccc(C(=O)OCC(=O)Nc3ccc(I)cc3C)cc2)n1. The summed E-state index contributed by atoms with van der Waals surface area (Å²) < 4.78 is 8.02. The summed E-state index contributed by atoms with van der Waals surface area (Å²) >= 11 is 2.21. The van der Waals surface area contributed by atoms with E-state index in [9.17, 15) is 9.59 Å². The van der Waals surface area contributed by atoms with Gasteiger partial charge in [-0.3, -0.25) is 4.79 Å². The maximum Gasteiger partial charge on any atom is 0.338 e. The fourth-order valence-corrected chi connectivity index (χ4v) is 3.44. The molecule has 0 atom stereocenters. The average Bonchev–Trinajstić information content (AvgIpc) is 3.00. The van der Waals surface area contributed by atoms with Gasteiger partial charge >= 0.3 is 5.97 Å². The molecule has 2 aromatic carbocycles. The maximum absolute atomic E-state index is 12.2. The number of hydrogen-bond donors (Lipinski definition) is 1. The van der Waals surface area contributed by atoms with Crippen molar-refractivity contribution in [1.29, 1.82) is 0 Å². The number of aryl methyl sites for hydroxylation is 3. The number of rotatable bonds is 5. The molecule has 0 bridgehead atoms. The molecule has 0 saturated heterocycles. The average molecular weight is 489 g/mol. The van der Waals surface area contributed by atoms with Crippen molar-refractivity contribution in [3.05, 3.63) is 74.6 Å². The Morgan fingerprint density at radius 1 is 1.07 bits per heavy atom. The predicted octanol–water partition coefficient (Wildman–Crippen LogP) is 4.20. The van der Waals surface area contributed by atoms with Gasteiger partial charge in [0.2, 0.25) is 0 Å². The van der Waals surface area contributed by atoms with Crippen LogP contribution in [-0.2, 0) is 9.53 Å². The Morgan fingerprint density at radius 2 is 1.79 bits per heavy atom. The minimum atomic E-state index is -0.547. The fourth-order valence-electron chi connectivity index (χ4n) is 2.80. The molecule has 0 radical (unpaired) electrons. The van der Waals surface area contributed by atoms with Crippen LogP contribution in [0.25, 0.3) is 5.69 Å². The molecule has 7 heteroatoms. The van der Waals surface area contributed by atoms with E-state index in [2.05, 4.69) is 33.0 Å². The molecule has 144 valence electrons. The fraction of sp³-hybridized carbons (Fsp3) is 0.190. The molecule has 1 aromatic heterocycles. The van der Waals surface area contributed by atoms with Crippen molar-refractivity contribution in [2.45, 2.75) is 20.8 Å². The number of carbonyl (C=O) groups excluding carboxylic acids is 2. The molecule has 0 spiro atoms. The number of ether oxygens (including phenoxy) is 1. The van der Waals surface area contributed by atoms with E-state index >= 15 is 0 Å². The molecule has 1 N–H and O–H groups in total. The number of benzene rings is 2. The van der Waals surface area contributed by atoms with E-state index in [1.807, 2.05) is 45.0 Å². The first-order valence-corrected chi connectivity index (χ1v) is 9.78. The molecular formula is C21H20IN3O3. The van der Waals surface area contributed by atoms with Crippen molar-refractivity contribution in [3.8, 4) is 5.69 Å². The van der Waals surface area contributed by atoms with Gasteiger partial charge in [-0.05, 0) is 97.5 Å². The van der Waals surface area contributed by atoms with E-state index in [-0.39, 0.29) is 12.5 Å². The molecule has 1 heterocycles. The zero-order valence-corrected chi connectivity index (χ0v) is 18.0. The van der Waals surface area contributed by atoms with Gasteiger partial charge in [-0.15, -0.1) is 0 Å². The molecule has 6 nitrogen and oxygen atoms in total. The summed E-state index contributed by atoms with van der Waals surface area (Å²) in [6, 6.07) is 14.6. The van der Waals surface area contributed by atoms with Crippen molar-refractivity contribution in [2.24, 2.45) is 0 Å². The van der Waals surface area contributed by atoms with E-state index in [4.69, 9.17) is 4.74 Å². The molecule has 0 saturated carbocycles. The number of esters is 1. The van der Waals surface area contributed by atoms with Crippen molar-refractivity contribution in [1.82, 2.24) is 9.78 Å². The summed E-state index contributed by atoms with van der Waals surface area (Å²) in [5.74, 6) is -0.925. The highest BCUT2D eigenvalue weighted by molar-refractivity contribution is 14.1. The zero-order chi connectivity index (χ0) is 20.3. The molecule has 1 amide bonds. The lowest BCUT2D eigenvalue weighted by Gasteiger charge is -2.10. The summed E-state index contributed by atoms with van der Waals surface area (Å²) in [5.41, 5.74) is 4.82. The van der Waals surface area contributed by atoms with Crippen LogP contribution >= 0.6 is 22.6 Å². The molecular weight excluding hydrogens is 469 g/mol. The minimum Gasteiger partial charge on any atom is -0.452 e. The number of anilines is 1. The molecule has 0 unspecified atom stereocenters. The van der Waals surface area contributed by atoms with Crippen LogP contribution in [0.3, 0.4) is 0 Å². The number of hydrogen-bond acceptors (Lipinski definition) is 4. The van der Waals surface area contributed by atoms with Gasteiger partial charge in [0.25, 0.3) is 5.91 Å². The Hall–Kier alpha value is -2.68. The number of nitrogens with one attached hydrogen (secondary N) is 1. The van der Waals surface area contributed by atoms with Crippen molar-refractivity contribution >= 4 is 40.2 Å². The van der Waals surface area contributed by atoms with Gasteiger partial charge in [-0.1, -0.05) is 0 Å². The van der Waals surface area contributed by atoms with Gasteiger partial charge in [0.15, 0.2) is 6.61 Å². The summed E-state index contributed by atoms with van der Waals surface area (Å²) in [6.45, 7) is 5.46. The highest BCUT2D eigenvalue weighted by Gasteiger charge is 2.12. The van der Waals surface area contributed by atoms with Crippen molar-refractivity contribution in [3.63, 3.8) is 0 Å². The lowest BCUT2D eigenvalue weighted by Crippen LogP contribution is -2.21. The van der Waals surface area contributed by atoms with E-state index in [1.165, 1.54) is 0 Å². The highest BCUT2D eigenvalue weighted by Crippen LogP contribution is 2.18. The van der Waals surface area contributed by atoms with Crippen LogP contribution in [0, 0.1) is 24.3 Å². The summed E-state index contributed by atoms with van der Waals surface area (Å²) in [7, 11) is 0. The van der Waals surface area contributed by atoms with Crippen LogP contribution in [0.15, 0.2) is 48.5 Å². The monoisotopic (exact) mass is 489 g/mol. The second-order valence-electron chi connectivity index (χ2n) is 6.47. The van der Waals surface area contributed by atoms with Crippen LogP contribution in [0.5, 0.6) is 0 Å². The first-order chi connectivity index (χ1) is 13.3. The number of amides is 1. The van der Waals surface area contributed by atoms with Gasteiger partial charge in [0.05, 0.1) is 16.9 Å². The van der Waals surface area contributed by atoms with E-state index < -0.39 is 5.97 Å². The van der Waals surface area contributed by atoms with Gasteiger partial charge in [-0.2, -0.15) is 5.10 Å². The van der Waals surface area contributed by atoms with Gasteiger partial charge in [0, 0.05) is 15.0 Å². The van der Waals surface area contributed by atoms with Crippen LogP contribution < -0.4 is 5.32 Å². The topological polar surface area (TPSA) is 73.2 Å². The molecule has 0 aliphatic carbocycles. The molecule has 0 aliphatic rings. The smallest absolute Gasteiger partial charge is 0.338 e. The Bertz CT molecular complexity index is 1030. The summed E-state index contributed by atoms with van der Waals surface area (Å²) in [5, 5.41) is 7.17. The second kappa shape index (κ2) is 8.55. The molecule has 28 heavy (non-hydrogen) atoms. The largest absolute Gasteiger partial charge is 0.452 e. The highest BCUT2D eigenvalue weighted by atomic mass is 127. The Morgan fingerprint density at radius 3 is 2.39 bits per heavy atom. The number of aromatic nitrogens is 2. The standard InChI is InChI=1S/C21H20IN3O3/c1-13-10-17(22)6-9-19(13)23-20(26)12-28-21(27)16-4-7-18(8-5-16)25-15(3)11-14(2)24-25/h4-11H,12H2,1-3H3,(H,23,26). The third-order valence-corrected chi connectivity index (χ3v) is 4.83. The van der Waals surface area contributed by atoms with Crippen molar-refractivity contribution < 1.29 is 14.3 Å². The van der Waals surface area contributed by atoms with E-state index in [1.54, 1.807) is 28.9 Å². The van der Waals surface area contributed by atoms with Crippen LogP contribution in [0.1, 0.15) is 27.3 Å². The number of nitrogens with zero attached hydrogens (tertiary/aromatic N) is 2. The second-order valence-corrected chi connectivity index (χ2v) is 7.71. The van der Waals surface area contributed by atoms with E-state index in [0.29, 0.717) is 11.3 Å². The zero-order valence-electron chi connectivity index (χ0n) is 15.8. The van der Waals surface area contributed by atoms with Crippen LogP contribution in [0.4, 0.5) is 5.69 Å². The van der Waals surface area contributed by atoms with E-state index in [0.717, 1.165) is 26.2 Å². The first kappa shape index (κ1) is 20.1. The van der Waals surface area contributed by atoms with Crippen LogP contribution in [-0.4, -0.2) is 28.3 Å². The van der Waals surface area contributed by atoms with Gasteiger partial charge in [-0.25, -0.2) is 9.48 Å². The normalized spacial score (nSPS) is 10.6. The van der Waals surface area contributed by atoms with Gasteiger partial charge in [0.1, 0.15) is 0 Å². The minimum absolute atomic E-state index is 0.344. The molecule has 3 aromatic rings. The summed E-state index contributed by atoms with van der Waals surface area (Å²) in [4.78, 5) is 24.3.